The third-order valence-corrected chi connectivity index (χ3v) is 4.97. The fourth-order valence-corrected chi connectivity index (χ4v) is 3.96. The smallest absolute Gasteiger partial charge is 0.310 e. The minimum absolute atomic E-state index is 0.173. The van der Waals surface area contributed by atoms with E-state index in [1.807, 2.05) is 36.6 Å². The molecule has 0 saturated carbocycles. The molecule has 1 amide bonds. The lowest BCUT2D eigenvalue weighted by molar-refractivity contribution is -0.147. The van der Waals surface area contributed by atoms with E-state index in [2.05, 4.69) is 0 Å². The van der Waals surface area contributed by atoms with Crippen molar-refractivity contribution in [1.29, 1.82) is 0 Å². The van der Waals surface area contributed by atoms with Crippen LogP contribution in [0.2, 0.25) is 0 Å². The molecule has 2 aliphatic rings. The molecule has 0 aromatic heterocycles. The van der Waals surface area contributed by atoms with E-state index in [1.54, 1.807) is 4.31 Å². The molecule has 6 heteroatoms. The number of amides is 1. The van der Waals surface area contributed by atoms with Gasteiger partial charge in [0.25, 0.3) is 0 Å². The molecule has 2 saturated heterocycles. The van der Waals surface area contributed by atoms with Gasteiger partial charge in [0.1, 0.15) is 0 Å². The molecule has 2 fully saturated rings. The van der Waals surface area contributed by atoms with Crippen molar-refractivity contribution in [1.82, 2.24) is 0 Å². The van der Waals surface area contributed by atoms with Crippen LogP contribution in [0.5, 0.6) is 0 Å². The second kappa shape index (κ2) is 5.69. The summed E-state index contributed by atoms with van der Waals surface area (Å²) in [6, 6.07) is 9.29. The Morgan fingerprint density at radius 3 is 2.38 bits per heavy atom. The van der Waals surface area contributed by atoms with Gasteiger partial charge in [0.15, 0.2) is 0 Å². The topological polar surface area (TPSA) is 66.8 Å². The van der Waals surface area contributed by atoms with Crippen LogP contribution in [0.15, 0.2) is 30.3 Å². The minimum Gasteiger partial charge on any atom is -0.481 e. The Morgan fingerprint density at radius 1 is 1.19 bits per heavy atom. The molecule has 4 unspecified atom stereocenters. The summed E-state index contributed by atoms with van der Waals surface area (Å²) in [6.45, 7) is 0. The normalized spacial score (nSPS) is 30.3. The fourth-order valence-electron chi connectivity index (χ4n) is 3.33. The van der Waals surface area contributed by atoms with E-state index in [4.69, 9.17) is 4.74 Å². The average molecular weight is 307 g/mol. The van der Waals surface area contributed by atoms with Crippen molar-refractivity contribution in [3.8, 4) is 0 Å². The first-order valence-electron chi connectivity index (χ1n) is 6.95. The Balaban J connectivity index is 1.88. The van der Waals surface area contributed by atoms with E-state index in [0.717, 1.165) is 18.5 Å². The Kier molecular flexibility index (Phi) is 3.91. The highest BCUT2D eigenvalue weighted by Gasteiger charge is 2.56. The highest BCUT2D eigenvalue weighted by atomic mass is 32.2. The van der Waals surface area contributed by atoms with Gasteiger partial charge in [0.2, 0.25) is 5.91 Å². The van der Waals surface area contributed by atoms with Crippen molar-refractivity contribution in [2.75, 3.05) is 10.6 Å². The van der Waals surface area contributed by atoms with Crippen molar-refractivity contribution in [2.24, 2.45) is 11.8 Å². The van der Waals surface area contributed by atoms with Gasteiger partial charge in [0.05, 0.1) is 29.7 Å². The second-order valence-electron chi connectivity index (χ2n) is 5.33. The number of nitrogens with zero attached hydrogens (tertiary/aromatic N) is 1. The summed E-state index contributed by atoms with van der Waals surface area (Å²) in [5.41, 5.74) is 0.766. The highest BCUT2D eigenvalue weighted by molar-refractivity contribution is 8.00. The molecule has 0 spiro atoms. The van der Waals surface area contributed by atoms with Gasteiger partial charge in [-0.25, -0.2) is 0 Å². The van der Waals surface area contributed by atoms with Gasteiger partial charge in [-0.2, -0.15) is 0 Å². The number of hydrogen-bond acceptors (Lipinski definition) is 4. The van der Waals surface area contributed by atoms with Crippen molar-refractivity contribution in [2.45, 2.75) is 25.0 Å². The molecule has 2 bridgehead atoms. The quantitative estimate of drug-likeness (QED) is 0.864. The first-order chi connectivity index (χ1) is 10.1. The predicted molar refractivity (Wildman–Crippen MR) is 80.0 cm³/mol. The summed E-state index contributed by atoms with van der Waals surface area (Å²) < 4.78 is 7.25. The molecule has 3 rings (SSSR count). The first-order valence-corrected chi connectivity index (χ1v) is 8.13. The molecule has 4 atom stereocenters. The number of ether oxygens (including phenoxy) is 1. The van der Waals surface area contributed by atoms with Crippen molar-refractivity contribution >= 4 is 29.5 Å². The third kappa shape index (κ3) is 2.42. The van der Waals surface area contributed by atoms with Crippen LogP contribution in [-0.4, -0.2) is 35.4 Å². The molecule has 1 aromatic rings. The molecule has 2 aliphatic heterocycles. The summed E-state index contributed by atoms with van der Waals surface area (Å²) >= 11 is 1.29. The summed E-state index contributed by atoms with van der Waals surface area (Å²) in [4.78, 5) is 24.3. The summed E-state index contributed by atoms with van der Waals surface area (Å²) in [5.74, 6) is -2.42. The maximum absolute atomic E-state index is 12.8. The van der Waals surface area contributed by atoms with Crippen LogP contribution in [0.1, 0.15) is 12.8 Å². The Hall–Kier alpha value is -1.53. The third-order valence-electron chi connectivity index (χ3n) is 4.22. The number of rotatable bonds is 4. The van der Waals surface area contributed by atoms with Crippen molar-refractivity contribution in [3.05, 3.63) is 30.3 Å². The van der Waals surface area contributed by atoms with Crippen molar-refractivity contribution in [3.63, 3.8) is 0 Å². The molecule has 1 N–H and O–H groups in total. The van der Waals surface area contributed by atoms with E-state index < -0.39 is 17.8 Å². The zero-order chi connectivity index (χ0) is 15.0. The summed E-state index contributed by atoms with van der Waals surface area (Å²) in [5, 5.41) is 9.42. The zero-order valence-corrected chi connectivity index (χ0v) is 12.5. The van der Waals surface area contributed by atoms with Gasteiger partial charge in [0, 0.05) is 6.26 Å². The lowest BCUT2D eigenvalue weighted by Gasteiger charge is -2.29. The number of hydrogen-bond donors (Lipinski definition) is 1. The lowest BCUT2D eigenvalue weighted by Crippen LogP contribution is -2.43. The summed E-state index contributed by atoms with van der Waals surface area (Å²) in [7, 11) is 0. The molecule has 0 aliphatic carbocycles. The van der Waals surface area contributed by atoms with E-state index in [9.17, 15) is 14.7 Å². The standard InChI is InChI=1S/C15H17NO4S/c1-21-16(9-5-3-2-4-6-9)14(17)12-10-7-8-11(20-10)13(12)15(18)19/h2-6,10-13H,7-8H2,1H3,(H,18,19). The van der Waals surface area contributed by atoms with E-state index >= 15 is 0 Å². The number of anilines is 1. The second-order valence-corrected chi connectivity index (χ2v) is 6.06. The number of benzene rings is 1. The Morgan fingerprint density at radius 2 is 1.81 bits per heavy atom. The van der Waals surface area contributed by atoms with Gasteiger partial charge < -0.3 is 9.84 Å². The highest BCUT2D eigenvalue weighted by Crippen LogP contribution is 2.45. The van der Waals surface area contributed by atoms with E-state index in [-0.39, 0.29) is 18.1 Å². The van der Waals surface area contributed by atoms with Gasteiger partial charge in [-0.3, -0.25) is 13.9 Å². The average Bonchev–Trinajstić information content (AvgIpc) is 3.09. The van der Waals surface area contributed by atoms with Crippen LogP contribution in [0.3, 0.4) is 0 Å². The number of carboxylic acids is 1. The van der Waals surface area contributed by atoms with Crippen molar-refractivity contribution < 1.29 is 19.4 Å². The number of para-hydroxylation sites is 1. The SMILES string of the molecule is CSN(C(=O)C1C2CCC(O2)C1C(=O)O)c1ccccc1. The number of carbonyl (C=O) groups excluding carboxylic acids is 1. The fraction of sp³-hybridized carbons (Fsp3) is 0.467. The van der Waals surface area contributed by atoms with Gasteiger partial charge in [-0.15, -0.1) is 0 Å². The maximum atomic E-state index is 12.8. The van der Waals surface area contributed by atoms with Crippen LogP contribution in [0, 0.1) is 11.8 Å². The van der Waals surface area contributed by atoms with Gasteiger partial charge in [-0.05, 0) is 36.9 Å². The Labute approximate surface area is 127 Å². The monoisotopic (exact) mass is 307 g/mol. The predicted octanol–water partition coefficient (Wildman–Crippen LogP) is 2.18. The molecule has 112 valence electrons. The van der Waals surface area contributed by atoms with Crippen LogP contribution < -0.4 is 4.31 Å². The number of carbonyl (C=O) groups is 2. The Bertz CT molecular complexity index is 550. The van der Waals surface area contributed by atoms with Crippen LogP contribution in [0.25, 0.3) is 0 Å². The molecular weight excluding hydrogens is 290 g/mol. The molecule has 21 heavy (non-hydrogen) atoms. The van der Waals surface area contributed by atoms with Crippen LogP contribution >= 0.6 is 11.9 Å². The minimum atomic E-state index is -0.935. The van der Waals surface area contributed by atoms with Gasteiger partial charge in [-0.1, -0.05) is 18.2 Å². The molecule has 0 radical (unpaired) electrons. The number of aliphatic carboxylic acids is 1. The largest absolute Gasteiger partial charge is 0.481 e. The zero-order valence-electron chi connectivity index (χ0n) is 11.6. The molecule has 5 nitrogen and oxygen atoms in total. The summed E-state index contributed by atoms with van der Waals surface area (Å²) in [6.07, 6.45) is 2.73. The van der Waals surface area contributed by atoms with E-state index in [0.29, 0.717) is 0 Å². The molecule has 2 heterocycles. The van der Waals surface area contributed by atoms with E-state index in [1.165, 1.54) is 11.9 Å². The number of fused-ring (bicyclic) bond motifs is 2. The van der Waals surface area contributed by atoms with Crippen LogP contribution in [-0.2, 0) is 14.3 Å². The lowest BCUT2D eigenvalue weighted by atomic mass is 9.78. The maximum Gasteiger partial charge on any atom is 0.310 e. The van der Waals surface area contributed by atoms with Gasteiger partial charge >= 0.3 is 5.97 Å². The molecular formula is C15H17NO4S. The van der Waals surface area contributed by atoms with Crippen LogP contribution in [0.4, 0.5) is 5.69 Å². The molecule has 1 aromatic carbocycles. The first kappa shape index (κ1) is 14.4. The number of carboxylic acid groups (broad SMARTS) is 1.